The van der Waals surface area contributed by atoms with E-state index in [1.165, 1.54) is 77.4 Å². The van der Waals surface area contributed by atoms with Gasteiger partial charge in [-0.2, -0.15) is 0 Å². The normalized spacial score (nSPS) is 32.3. The minimum absolute atomic E-state index is 0.475. The maximum Gasteiger partial charge on any atom is 0.0198 e. The first-order chi connectivity index (χ1) is 10.5. The third-order valence-corrected chi connectivity index (χ3v) is 6.23. The van der Waals surface area contributed by atoms with Crippen LogP contribution >= 0.6 is 0 Å². The summed E-state index contributed by atoms with van der Waals surface area (Å²) in [7, 11) is 0. The molecule has 1 N–H and O–H groups in total. The minimum Gasteiger partial charge on any atom is -0.312 e. The second-order valence-corrected chi connectivity index (χ2v) is 9.66. The molecule has 0 amide bonds. The van der Waals surface area contributed by atoms with Crippen LogP contribution in [0.25, 0.3) is 0 Å². The zero-order valence-corrected chi connectivity index (χ0v) is 15.2. The Bertz CT molecular complexity index is 336. The van der Waals surface area contributed by atoms with Gasteiger partial charge in [0.15, 0.2) is 0 Å². The summed E-state index contributed by atoms with van der Waals surface area (Å²) in [6.07, 6.45) is 13.1. The van der Waals surface area contributed by atoms with Crippen LogP contribution in [0, 0.1) is 17.3 Å². The van der Waals surface area contributed by atoms with Crippen molar-refractivity contribution in [2.24, 2.45) is 17.3 Å². The van der Waals surface area contributed by atoms with E-state index in [4.69, 9.17) is 0 Å². The number of hydrogen-bond donors (Lipinski definition) is 1. The minimum atomic E-state index is 0.475. The molecule has 0 aromatic carbocycles. The summed E-state index contributed by atoms with van der Waals surface area (Å²) >= 11 is 0. The molecule has 3 fully saturated rings. The van der Waals surface area contributed by atoms with Crippen LogP contribution in [0.5, 0.6) is 0 Å². The third kappa shape index (κ3) is 4.71. The van der Waals surface area contributed by atoms with Gasteiger partial charge >= 0.3 is 0 Å². The van der Waals surface area contributed by atoms with Gasteiger partial charge in [-0.05, 0) is 62.3 Å². The molecule has 0 aromatic rings. The van der Waals surface area contributed by atoms with E-state index in [-0.39, 0.29) is 0 Å². The Balaban J connectivity index is 1.53. The van der Waals surface area contributed by atoms with E-state index >= 15 is 0 Å². The van der Waals surface area contributed by atoms with Crippen LogP contribution < -0.4 is 5.32 Å². The summed E-state index contributed by atoms with van der Waals surface area (Å²) in [5.41, 5.74) is 0.475. The molecule has 2 heteroatoms. The predicted octanol–water partition coefficient (Wildman–Crippen LogP) is 4.45. The van der Waals surface area contributed by atoms with Gasteiger partial charge in [0.05, 0.1) is 0 Å². The van der Waals surface area contributed by atoms with Gasteiger partial charge in [0.25, 0.3) is 0 Å². The van der Waals surface area contributed by atoms with E-state index in [1.54, 1.807) is 0 Å². The van der Waals surface area contributed by atoms with Gasteiger partial charge in [0.1, 0.15) is 0 Å². The molecule has 128 valence electrons. The molecule has 2 nitrogen and oxygen atoms in total. The van der Waals surface area contributed by atoms with Crippen LogP contribution in [0.4, 0.5) is 0 Å². The van der Waals surface area contributed by atoms with E-state index < -0.39 is 0 Å². The fraction of sp³-hybridized carbons (Fsp3) is 1.00. The van der Waals surface area contributed by atoms with Crippen molar-refractivity contribution in [3.8, 4) is 0 Å². The van der Waals surface area contributed by atoms with Gasteiger partial charge in [0.2, 0.25) is 0 Å². The smallest absolute Gasteiger partial charge is 0.0198 e. The van der Waals surface area contributed by atoms with Crippen molar-refractivity contribution < 1.29 is 0 Å². The monoisotopic (exact) mass is 306 g/mol. The van der Waals surface area contributed by atoms with Crippen LogP contribution in [-0.4, -0.2) is 36.6 Å². The number of rotatable bonds is 5. The Kier molecular flexibility index (Phi) is 5.50. The highest BCUT2D eigenvalue weighted by molar-refractivity contribution is 4.91. The van der Waals surface area contributed by atoms with E-state index in [1.807, 2.05) is 0 Å². The molecular formula is C20H38N2. The lowest BCUT2D eigenvalue weighted by molar-refractivity contribution is 0.0454. The molecule has 3 aliphatic rings. The Labute approximate surface area is 138 Å². The van der Waals surface area contributed by atoms with Crippen molar-refractivity contribution in [2.75, 3.05) is 19.6 Å². The number of nitrogens with one attached hydrogen (secondary N) is 1. The van der Waals surface area contributed by atoms with E-state index in [0.29, 0.717) is 5.41 Å². The van der Waals surface area contributed by atoms with Crippen molar-refractivity contribution in [3.05, 3.63) is 0 Å². The predicted molar refractivity (Wildman–Crippen MR) is 95.1 cm³/mol. The largest absolute Gasteiger partial charge is 0.312 e. The maximum absolute atomic E-state index is 3.97. The lowest BCUT2D eigenvalue weighted by Gasteiger charge is -2.46. The molecule has 2 aliphatic carbocycles. The third-order valence-electron chi connectivity index (χ3n) is 6.23. The van der Waals surface area contributed by atoms with Gasteiger partial charge in [-0.15, -0.1) is 0 Å². The van der Waals surface area contributed by atoms with E-state index in [0.717, 1.165) is 23.9 Å². The lowest BCUT2D eigenvalue weighted by Crippen LogP contribution is -2.55. The summed E-state index contributed by atoms with van der Waals surface area (Å²) in [5.74, 6) is 1.87. The SMILES string of the molecule is CC(C)(C)CC1CC(NCC2CCCC2)CN(C2CCC2)C1. The summed E-state index contributed by atoms with van der Waals surface area (Å²) in [5, 5.41) is 3.97. The fourth-order valence-electron chi connectivity index (χ4n) is 5.00. The first kappa shape index (κ1) is 16.8. The highest BCUT2D eigenvalue weighted by atomic mass is 15.2. The first-order valence-corrected chi connectivity index (χ1v) is 9.97. The zero-order valence-electron chi connectivity index (χ0n) is 15.2. The highest BCUT2D eigenvalue weighted by Crippen LogP contribution is 2.34. The van der Waals surface area contributed by atoms with E-state index in [9.17, 15) is 0 Å². The molecule has 22 heavy (non-hydrogen) atoms. The number of nitrogens with zero attached hydrogens (tertiary/aromatic N) is 1. The molecule has 1 saturated heterocycles. The Morgan fingerprint density at radius 3 is 2.23 bits per heavy atom. The molecule has 2 atom stereocenters. The summed E-state index contributed by atoms with van der Waals surface area (Å²) in [4.78, 5) is 2.84. The molecular weight excluding hydrogens is 268 g/mol. The molecule has 3 rings (SSSR count). The summed E-state index contributed by atoms with van der Waals surface area (Å²) < 4.78 is 0. The fourth-order valence-corrected chi connectivity index (χ4v) is 5.00. The molecule has 2 saturated carbocycles. The highest BCUT2D eigenvalue weighted by Gasteiger charge is 2.35. The van der Waals surface area contributed by atoms with Crippen LogP contribution in [0.3, 0.4) is 0 Å². The van der Waals surface area contributed by atoms with Crippen molar-refractivity contribution in [2.45, 2.75) is 90.6 Å². The van der Waals surface area contributed by atoms with Gasteiger partial charge in [0, 0.05) is 25.2 Å². The standard InChI is InChI=1S/C20H38N2/c1-20(2,3)12-17-11-18(21-13-16-7-4-5-8-16)15-22(14-17)19-9-6-10-19/h16-19,21H,4-15H2,1-3H3. The average Bonchev–Trinajstić information content (AvgIpc) is 2.85. The van der Waals surface area contributed by atoms with Crippen molar-refractivity contribution in [1.29, 1.82) is 0 Å². The first-order valence-electron chi connectivity index (χ1n) is 9.97. The molecule has 0 aromatic heterocycles. The average molecular weight is 307 g/mol. The van der Waals surface area contributed by atoms with Crippen molar-refractivity contribution in [1.82, 2.24) is 10.2 Å². The molecule has 0 spiro atoms. The maximum atomic E-state index is 3.97. The van der Waals surface area contributed by atoms with Gasteiger partial charge in [-0.1, -0.05) is 40.0 Å². The van der Waals surface area contributed by atoms with E-state index in [2.05, 4.69) is 31.0 Å². The molecule has 1 aliphatic heterocycles. The number of piperidine rings is 1. The van der Waals surface area contributed by atoms with Gasteiger partial charge in [-0.25, -0.2) is 0 Å². The summed E-state index contributed by atoms with van der Waals surface area (Å²) in [6, 6.07) is 1.67. The molecule has 1 heterocycles. The zero-order chi connectivity index (χ0) is 15.6. The van der Waals surface area contributed by atoms with Crippen LogP contribution in [-0.2, 0) is 0 Å². The van der Waals surface area contributed by atoms with Crippen LogP contribution in [0.1, 0.15) is 78.6 Å². The lowest BCUT2D eigenvalue weighted by atomic mass is 9.78. The second kappa shape index (κ2) is 7.21. The van der Waals surface area contributed by atoms with Crippen molar-refractivity contribution >= 4 is 0 Å². The van der Waals surface area contributed by atoms with Crippen molar-refractivity contribution in [3.63, 3.8) is 0 Å². The van der Waals surface area contributed by atoms with Crippen LogP contribution in [0.15, 0.2) is 0 Å². The Morgan fingerprint density at radius 2 is 1.64 bits per heavy atom. The summed E-state index contributed by atoms with van der Waals surface area (Å²) in [6.45, 7) is 11.2. The quantitative estimate of drug-likeness (QED) is 0.807. The van der Waals surface area contributed by atoms with Gasteiger partial charge in [-0.3, -0.25) is 4.90 Å². The molecule has 0 radical (unpaired) electrons. The van der Waals surface area contributed by atoms with Crippen LogP contribution in [0.2, 0.25) is 0 Å². The molecule has 2 unspecified atom stereocenters. The number of likely N-dealkylation sites (tertiary alicyclic amines) is 1. The Hall–Kier alpha value is -0.0800. The second-order valence-electron chi connectivity index (χ2n) is 9.66. The Morgan fingerprint density at radius 1 is 0.909 bits per heavy atom. The number of hydrogen-bond acceptors (Lipinski definition) is 2. The molecule has 0 bridgehead atoms. The topological polar surface area (TPSA) is 15.3 Å². The van der Waals surface area contributed by atoms with Gasteiger partial charge < -0.3 is 5.32 Å².